The minimum atomic E-state index is -0.930. The quantitative estimate of drug-likeness (QED) is 0.834. The van der Waals surface area contributed by atoms with Gasteiger partial charge in [0.1, 0.15) is 5.56 Å². The third kappa shape index (κ3) is 3.26. The lowest BCUT2D eigenvalue weighted by Crippen LogP contribution is -2.47. The molecule has 1 aromatic heterocycles. The number of aromatic amines is 1. The fourth-order valence-electron chi connectivity index (χ4n) is 2.37. The fourth-order valence-corrected chi connectivity index (χ4v) is 2.37. The highest BCUT2D eigenvalue weighted by atomic mass is 16.5. The number of aliphatic hydroxyl groups is 1. The van der Waals surface area contributed by atoms with Gasteiger partial charge >= 0.3 is 0 Å². The van der Waals surface area contributed by atoms with E-state index in [2.05, 4.69) is 4.98 Å². The standard InChI is InChI=1S/C14H20N2O4/c1-10-7-12(17)11(8-15-10)13(18)16(2)9-14(19)3-5-20-6-4-14/h7-8,19H,3-6,9H2,1-2H3,(H,15,17). The van der Waals surface area contributed by atoms with Crippen molar-refractivity contribution in [2.75, 3.05) is 26.8 Å². The van der Waals surface area contributed by atoms with Gasteiger partial charge in [-0.25, -0.2) is 0 Å². The van der Waals surface area contributed by atoms with Crippen molar-refractivity contribution in [3.05, 3.63) is 33.7 Å². The van der Waals surface area contributed by atoms with Crippen molar-refractivity contribution >= 4 is 5.91 Å². The Hall–Kier alpha value is -1.66. The number of nitrogens with zero attached hydrogens (tertiary/aromatic N) is 1. The Balaban J connectivity index is 2.10. The third-order valence-electron chi connectivity index (χ3n) is 3.59. The van der Waals surface area contributed by atoms with E-state index in [0.717, 1.165) is 0 Å². The predicted octanol–water partition coefficient (Wildman–Crippen LogP) is 0.297. The van der Waals surface area contributed by atoms with Crippen LogP contribution in [-0.4, -0.2) is 53.3 Å². The fraction of sp³-hybridized carbons (Fsp3) is 0.571. The van der Waals surface area contributed by atoms with Crippen molar-refractivity contribution in [3.63, 3.8) is 0 Å². The molecule has 2 rings (SSSR count). The largest absolute Gasteiger partial charge is 0.388 e. The van der Waals surface area contributed by atoms with Crippen molar-refractivity contribution in [1.82, 2.24) is 9.88 Å². The first kappa shape index (κ1) is 14.7. The van der Waals surface area contributed by atoms with E-state index in [1.54, 1.807) is 14.0 Å². The molecule has 1 aliphatic heterocycles. The maximum absolute atomic E-state index is 12.3. The molecule has 0 saturated carbocycles. The normalized spacial score (nSPS) is 17.8. The Kier molecular flexibility index (Phi) is 4.25. The van der Waals surface area contributed by atoms with Crippen molar-refractivity contribution in [1.29, 1.82) is 0 Å². The second-order valence-electron chi connectivity index (χ2n) is 5.39. The molecule has 0 bridgehead atoms. The van der Waals surface area contributed by atoms with Gasteiger partial charge in [0.2, 0.25) is 0 Å². The van der Waals surface area contributed by atoms with E-state index in [-0.39, 0.29) is 23.4 Å². The van der Waals surface area contributed by atoms with Gasteiger partial charge in [-0.3, -0.25) is 9.59 Å². The van der Waals surface area contributed by atoms with E-state index in [1.165, 1.54) is 17.2 Å². The lowest BCUT2D eigenvalue weighted by Gasteiger charge is -2.35. The number of pyridine rings is 1. The number of carbonyl (C=O) groups is 1. The van der Waals surface area contributed by atoms with Gasteiger partial charge in [-0.15, -0.1) is 0 Å². The number of aryl methyl sites for hydroxylation is 1. The van der Waals surface area contributed by atoms with E-state index in [4.69, 9.17) is 4.74 Å². The molecule has 110 valence electrons. The molecular weight excluding hydrogens is 260 g/mol. The summed E-state index contributed by atoms with van der Waals surface area (Å²) in [5, 5.41) is 10.4. The van der Waals surface area contributed by atoms with Crippen molar-refractivity contribution in [2.45, 2.75) is 25.4 Å². The maximum atomic E-state index is 12.3. The summed E-state index contributed by atoms with van der Waals surface area (Å²) in [5.41, 5.74) is -0.441. The number of hydrogen-bond acceptors (Lipinski definition) is 4. The topological polar surface area (TPSA) is 82.6 Å². The summed E-state index contributed by atoms with van der Waals surface area (Å²) in [4.78, 5) is 28.3. The molecule has 1 fully saturated rings. The van der Waals surface area contributed by atoms with Crippen LogP contribution in [0.25, 0.3) is 0 Å². The number of nitrogens with one attached hydrogen (secondary N) is 1. The summed E-state index contributed by atoms with van der Waals surface area (Å²) in [6.07, 6.45) is 2.41. The highest BCUT2D eigenvalue weighted by Crippen LogP contribution is 2.21. The molecule has 0 radical (unpaired) electrons. The molecule has 1 aliphatic rings. The summed E-state index contributed by atoms with van der Waals surface area (Å²) < 4.78 is 5.21. The first-order valence-corrected chi connectivity index (χ1v) is 6.66. The summed E-state index contributed by atoms with van der Waals surface area (Å²) in [5.74, 6) is -0.383. The number of hydrogen-bond donors (Lipinski definition) is 2. The molecule has 2 N–H and O–H groups in total. The van der Waals surface area contributed by atoms with E-state index >= 15 is 0 Å². The van der Waals surface area contributed by atoms with Gasteiger partial charge in [0.05, 0.1) is 5.60 Å². The van der Waals surface area contributed by atoms with E-state index < -0.39 is 5.60 Å². The zero-order valence-corrected chi connectivity index (χ0v) is 11.8. The third-order valence-corrected chi connectivity index (χ3v) is 3.59. The molecular formula is C14H20N2O4. The Morgan fingerprint density at radius 3 is 2.75 bits per heavy atom. The lowest BCUT2D eigenvalue weighted by atomic mass is 9.94. The van der Waals surface area contributed by atoms with Crippen LogP contribution in [0.4, 0.5) is 0 Å². The van der Waals surface area contributed by atoms with E-state index in [9.17, 15) is 14.7 Å². The Labute approximate surface area is 117 Å². The molecule has 0 aromatic carbocycles. The van der Waals surface area contributed by atoms with Crippen molar-refractivity contribution < 1.29 is 14.6 Å². The lowest BCUT2D eigenvalue weighted by molar-refractivity contribution is -0.0734. The van der Waals surface area contributed by atoms with Crippen molar-refractivity contribution in [3.8, 4) is 0 Å². The van der Waals surface area contributed by atoms with E-state index in [0.29, 0.717) is 31.7 Å². The molecule has 0 unspecified atom stereocenters. The number of carbonyl (C=O) groups excluding carboxylic acids is 1. The molecule has 6 nitrogen and oxygen atoms in total. The minimum absolute atomic E-state index is 0.0914. The SMILES string of the molecule is Cc1cc(=O)c(C(=O)N(C)CC2(O)CCOCC2)c[nH]1. The van der Waals surface area contributed by atoms with Gasteiger partial charge in [-0.1, -0.05) is 0 Å². The molecule has 6 heteroatoms. The van der Waals surface area contributed by atoms with Crippen LogP contribution in [0, 0.1) is 6.92 Å². The average molecular weight is 280 g/mol. The molecule has 2 heterocycles. The number of H-pyrrole nitrogens is 1. The van der Waals surface area contributed by atoms with Crippen LogP contribution in [0.15, 0.2) is 17.1 Å². The Morgan fingerprint density at radius 2 is 2.15 bits per heavy atom. The van der Waals surface area contributed by atoms with Crippen LogP contribution >= 0.6 is 0 Å². The van der Waals surface area contributed by atoms with Gasteiger partial charge in [0, 0.05) is 57.6 Å². The summed E-state index contributed by atoms with van der Waals surface area (Å²) in [7, 11) is 1.59. The van der Waals surface area contributed by atoms with Gasteiger partial charge in [-0.2, -0.15) is 0 Å². The van der Waals surface area contributed by atoms with E-state index in [1.807, 2.05) is 0 Å². The second-order valence-corrected chi connectivity index (χ2v) is 5.39. The smallest absolute Gasteiger partial charge is 0.259 e. The maximum Gasteiger partial charge on any atom is 0.259 e. The highest BCUT2D eigenvalue weighted by Gasteiger charge is 2.32. The minimum Gasteiger partial charge on any atom is -0.388 e. The first-order valence-electron chi connectivity index (χ1n) is 6.66. The molecule has 0 atom stereocenters. The zero-order valence-electron chi connectivity index (χ0n) is 11.8. The number of likely N-dealkylation sites (N-methyl/N-ethyl adjacent to an activating group) is 1. The molecule has 0 spiro atoms. The van der Waals surface area contributed by atoms with Crippen LogP contribution in [0.2, 0.25) is 0 Å². The van der Waals surface area contributed by atoms with Gasteiger partial charge in [0.25, 0.3) is 5.91 Å². The molecule has 1 amide bonds. The van der Waals surface area contributed by atoms with Crippen LogP contribution in [-0.2, 0) is 4.74 Å². The van der Waals surface area contributed by atoms with Gasteiger partial charge in [0.15, 0.2) is 5.43 Å². The van der Waals surface area contributed by atoms with Crippen LogP contribution in [0.5, 0.6) is 0 Å². The Morgan fingerprint density at radius 1 is 1.50 bits per heavy atom. The molecule has 1 saturated heterocycles. The predicted molar refractivity (Wildman–Crippen MR) is 73.8 cm³/mol. The summed E-state index contributed by atoms with van der Waals surface area (Å²) >= 11 is 0. The molecule has 20 heavy (non-hydrogen) atoms. The van der Waals surface area contributed by atoms with Crippen LogP contribution in [0.1, 0.15) is 28.9 Å². The van der Waals surface area contributed by atoms with Crippen LogP contribution < -0.4 is 5.43 Å². The van der Waals surface area contributed by atoms with Crippen LogP contribution in [0.3, 0.4) is 0 Å². The number of ether oxygens (including phenoxy) is 1. The number of amides is 1. The van der Waals surface area contributed by atoms with Gasteiger partial charge < -0.3 is 19.7 Å². The Bertz CT molecular complexity index is 546. The molecule has 0 aliphatic carbocycles. The summed E-state index contributed by atoms with van der Waals surface area (Å²) in [6, 6.07) is 1.39. The second kappa shape index (κ2) is 5.76. The van der Waals surface area contributed by atoms with Gasteiger partial charge in [-0.05, 0) is 6.92 Å². The monoisotopic (exact) mass is 280 g/mol. The first-order chi connectivity index (χ1) is 9.41. The zero-order chi connectivity index (χ0) is 14.8. The van der Waals surface area contributed by atoms with Crippen molar-refractivity contribution in [2.24, 2.45) is 0 Å². The number of aromatic nitrogens is 1. The molecule has 1 aromatic rings. The number of rotatable bonds is 3. The average Bonchev–Trinajstić information content (AvgIpc) is 2.38. The highest BCUT2D eigenvalue weighted by molar-refractivity contribution is 5.93. The summed E-state index contributed by atoms with van der Waals surface area (Å²) in [6.45, 7) is 2.93.